The fourth-order valence-electron chi connectivity index (χ4n) is 5.31. The van der Waals surface area contributed by atoms with Crippen LogP contribution in [0.25, 0.3) is 22.3 Å². The van der Waals surface area contributed by atoms with E-state index >= 15 is 0 Å². The van der Waals surface area contributed by atoms with Crippen molar-refractivity contribution in [2.75, 3.05) is 24.8 Å². The van der Waals surface area contributed by atoms with Crippen LogP contribution in [0.15, 0.2) is 64.0 Å². The lowest BCUT2D eigenvalue weighted by Crippen LogP contribution is -2.34. The second-order valence-corrected chi connectivity index (χ2v) is 12.6. The van der Waals surface area contributed by atoms with E-state index in [2.05, 4.69) is 21.6 Å². The smallest absolute Gasteiger partial charge is 0.268 e. The highest BCUT2D eigenvalue weighted by Crippen LogP contribution is 2.35. The van der Waals surface area contributed by atoms with Crippen molar-refractivity contribution in [2.45, 2.75) is 65.2 Å². The van der Waals surface area contributed by atoms with Crippen LogP contribution >= 0.6 is 0 Å². The third-order valence-corrected chi connectivity index (χ3v) is 9.47. The molecule has 0 saturated heterocycles. The number of nitrogens with zero attached hydrogens (tertiary/aromatic N) is 5. The van der Waals surface area contributed by atoms with Crippen LogP contribution in [-0.2, 0) is 45.7 Å². The molecule has 0 aliphatic heterocycles. The number of aryl methyl sites for hydroxylation is 2. The Balaban J connectivity index is 1.60. The van der Waals surface area contributed by atoms with E-state index < -0.39 is 10.0 Å². The van der Waals surface area contributed by atoms with Crippen molar-refractivity contribution < 1.29 is 27.5 Å². The summed E-state index contributed by atoms with van der Waals surface area (Å²) in [5, 5.41) is 13.7. The van der Waals surface area contributed by atoms with Crippen molar-refractivity contribution in [3.8, 4) is 11.1 Å². The van der Waals surface area contributed by atoms with Gasteiger partial charge in [-0.3, -0.25) is 0 Å². The normalized spacial score (nSPS) is 11.9. The molecule has 0 bridgehead atoms. The van der Waals surface area contributed by atoms with Crippen LogP contribution in [0.4, 0.5) is 5.82 Å². The van der Waals surface area contributed by atoms with E-state index in [0.29, 0.717) is 41.4 Å². The predicted octanol–water partition coefficient (Wildman–Crippen LogP) is 5.53. The molecule has 45 heavy (non-hydrogen) atoms. The summed E-state index contributed by atoms with van der Waals surface area (Å²) >= 11 is 0. The van der Waals surface area contributed by atoms with Crippen LogP contribution in [0, 0.1) is 13.8 Å². The van der Waals surface area contributed by atoms with Crippen LogP contribution in [0.1, 0.15) is 54.2 Å². The van der Waals surface area contributed by atoms with Crippen molar-refractivity contribution in [1.29, 1.82) is 0 Å². The Morgan fingerprint density at radius 2 is 1.82 bits per heavy atom. The van der Waals surface area contributed by atoms with E-state index in [1.54, 1.807) is 38.1 Å². The summed E-state index contributed by atoms with van der Waals surface area (Å²) in [5.74, 6) is 1.63. The number of hydrogen-bond donors (Lipinski definition) is 1. The zero-order valence-electron chi connectivity index (χ0n) is 26.3. The van der Waals surface area contributed by atoms with Gasteiger partial charge in [-0.15, -0.1) is 0 Å². The number of aliphatic hydroxyl groups excluding tert-OH is 1. The Labute approximate surface area is 263 Å². The Hall–Kier alpha value is -4.10. The molecule has 0 fully saturated rings. The van der Waals surface area contributed by atoms with Gasteiger partial charge in [-0.2, -0.15) is 0 Å². The summed E-state index contributed by atoms with van der Waals surface area (Å²) in [6.45, 7) is 8.42. The number of imidazole rings is 1. The number of benzene rings is 2. The van der Waals surface area contributed by atoms with E-state index in [1.807, 2.05) is 37.3 Å². The number of methoxy groups -OCH3 is 1. The van der Waals surface area contributed by atoms with Crippen LogP contribution in [0.3, 0.4) is 0 Å². The fraction of sp³-hybridized carbons (Fsp3) is 0.364. The Morgan fingerprint density at radius 1 is 1.02 bits per heavy atom. The van der Waals surface area contributed by atoms with Crippen LogP contribution < -0.4 is 4.31 Å². The van der Waals surface area contributed by atoms with Gasteiger partial charge in [-0.1, -0.05) is 48.5 Å². The van der Waals surface area contributed by atoms with Crippen molar-refractivity contribution in [3.05, 3.63) is 88.6 Å². The molecule has 3 aromatic heterocycles. The molecule has 11 nitrogen and oxygen atoms in total. The number of anilines is 1. The molecule has 0 radical (unpaired) electrons. The minimum Gasteiger partial charge on any atom is -0.390 e. The third kappa shape index (κ3) is 6.50. The average molecular weight is 634 g/mol. The molecule has 0 saturated carbocycles. The van der Waals surface area contributed by atoms with Gasteiger partial charge in [0.1, 0.15) is 23.8 Å². The summed E-state index contributed by atoms with van der Waals surface area (Å²) in [4.78, 5) is 9.59. The maximum atomic E-state index is 14.3. The largest absolute Gasteiger partial charge is 0.390 e. The number of hydrogen-bond acceptors (Lipinski definition) is 9. The Morgan fingerprint density at radius 3 is 2.51 bits per heavy atom. The number of pyridine rings is 1. The maximum absolute atomic E-state index is 14.3. The molecule has 0 atom stereocenters. The highest BCUT2D eigenvalue weighted by molar-refractivity contribution is 7.93. The molecule has 1 N–H and O–H groups in total. The summed E-state index contributed by atoms with van der Waals surface area (Å²) in [6, 6.07) is 16.6. The second kappa shape index (κ2) is 13.9. The molecule has 12 heteroatoms. The first-order chi connectivity index (χ1) is 21.7. The van der Waals surface area contributed by atoms with Gasteiger partial charge in [0, 0.05) is 31.3 Å². The van der Waals surface area contributed by atoms with E-state index in [4.69, 9.17) is 19.0 Å². The Bertz CT molecular complexity index is 1900. The second-order valence-electron chi connectivity index (χ2n) is 10.8. The monoisotopic (exact) mass is 633 g/mol. The SMILES string of the molecule is CCCc1nc2ccc(CO)nc2n1Cc1ccc(-c2ccccc2S(=O)(=O)N(COC)c2noc(C)c2C)c(COCC)c1. The number of aromatic nitrogens is 4. The average Bonchev–Trinajstić information content (AvgIpc) is 3.56. The van der Waals surface area contributed by atoms with Crippen molar-refractivity contribution in [3.63, 3.8) is 0 Å². The van der Waals surface area contributed by atoms with Gasteiger partial charge in [0.25, 0.3) is 10.0 Å². The van der Waals surface area contributed by atoms with Gasteiger partial charge in [0.15, 0.2) is 11.5 Å². The summed E-state index contributed by atoms with van der Waals surface area (Å²) in [6.07, 6.45) is 1.70. The highest BCUT2D eigenvalue weighted by atomic mass is 32.2. The van der Waals surface area contributed by atoms with Crippen molar-refractivity contribution in [2.24, 2.45) is 0 Å². The number of sulfonamides is 1. The topological polar surface area (TPSA) is 133 Å². The van der Waals surface area contributed by atoms with Gasteiger partial charge in [0.2, 0.25) is 0 Å². The lowest BCUT2D eigenvalue weighted by Gasteiger charge is -2.23. The lowest BCUT2D eigenvalue weighted by atomic mass is 9.97. The van der Waals surface area contributed by atoms with Crippen LogP contribution in [0.5, 0.6) is 0 Å². The van der Waals surface area contributed by atoms with Gasteiger partial charge < -0.3 is 23.7 Å². The van der Waals surface area contributed by atoms with E-state index in [-0.39, 0.29) is 30.7 Å². The first kappa shape index (κ1) is 32.3. The minimum atomic E-state index is -4.13. The summed E-state index contributed by atoms with van der Waals surface area (Å²) in [7, 11) is -2.70. The molecule has 0 aliphatic rings. The van der Waals surface area contributed by atoms with Gasteiger partial charge in [-0.25, -0.2) is 22.7 Å². The fourth-order valence-corrected chi connectivity index (χ4v) is 6.90. The maximum Gasteiger partial charge on any atom is 0.268 e. The molecule has 5 aromatic rings. The number of fused-ring (bicyclic) bond motifs is 1. The van der Waals surface area contributed by atoms with E-state index in [9.17, 15) is 13.5 Å². The molecule has 5 rings (SSSR count). The lowest BCUT2D eigenvalue weighted by molar-refractivity contribution is 0.134. The third-order valence-electron chi connectivity index (χ3n) is 7.70. The zero-order chi connectivity index (χ0) is 32.1. The predicted molar refractivity (Wildman–Crippen MR) is 171 cm³/mol. The van der Waals surface area contributed by atoms with Crippen LogP contribution in [-0.4, -0.2) is 53.7 Å². The number of ether oxygens (including phenoxy) is 2. The molecule has 0 aliphatic carbocycles. The first-order valence-corrected chi connectivity index (χ1v) is 16.4. The molecular weight excluding hydrogens is 594 g/mol. The van der Waals surface area contributed by atoms with Crippen LogP contribution in [0.2, 0.25) is 0 Å². The van der Waals surface area contributed by atoms with Gasteiger partial charge in [-0.05, 0) is 62.1 Å². The molecule has 0 spiro atoms. The summed E-state index contributed by atoms with van der Waals surface area (Å²) < 4.78 is 48.2. The standard InChI is InChI=1S/C33H39N5O6S/c1-6-10-31-35-29-16-14-26(19-39)34-33(29)37(31)18-24-13-15-27(25(17-24)20-43-7-2)28-11-8-9-12-30(28)45(40,41)38(21-42-5)32-22(3)23(4)44-36-32/h8-9,11-17,39H,6-7,10,18-21H2,1-5H3. The highest BCUT2D eigenvalue weighted by Gasteiger charge is 2.32. The zero-order valence-corrected chi connectivity index (χ0v) is 27.1. The van der Waals surface area contributed by atoms with Gasteiger partial charge >= 0.3 is 0 Å². The van der Waals surface area contributed by atoms with Gasteiger partial charge in [0.05, 0.1) is 30.3 Å². The molecular formula is C33H39N5O6S. The first-order valence-electron chi connectivity index (χ1n) is 14.9. The molecule has 3 heterocycles. The number of aliphatic hydroxyl groups is 1. The summed E-state index contributed by atoms with van der Waals surface area (Å²) in [5.41, 5.74) is 5.78. The number of rotatable bonds is 14. The molecule has 238 valence electrons. The molecule has 0 amide bonds. The van der Waals surface area contributed by atoms with Crippen molar-refractivity contribution >= 4 is 27.0 Å². The molecule has 0 unspecified atom stereocenters. The van der Waals surface area contributed by atoms with E-state index in [0.717, 1.165) is 45.2 Å². The molecule has 2 aromatic carbocycles. The van der Waals surface area contributed by atoms with Crippen molar-refractivity contribution in [1.82, 2.24) is 19.7 Å². The Kier molecular flexibility index (Phi) is 9.98. The van der Waals surface area contributed by atoms with E-state index in [1.165, 1.54) is 7.11 Å². The minimum absolute atomic E-state index is 0.110. The quantitative estimate of drug-likeness (QED) is 0.157.